The first kappa shape index (κ1) is 56.8. The zero-order valence-electron chi connectivity index (χ0n) is 39.8. The number of nitrogens with one attached hydrogen (secondary N) is 2. The van der Waals surface area contributed by atoms with Crippen molar-refractivity contribution in [3.63, 3.8) is 0 Å². The number of unbranched alkanes of at least 4 members (excludes halogenated alkanes) is 3. The number of amides is 1. The smallest absolute Gasteiger partial charge is 0.294 e. The third kappa shape index (κ3) is 15.9. The van der Waals surface area contributed by atoms with Crippen LogP contribution in [0.4, 0.5) is 11.4 Å². The summed E-state index contributed by atoms with van der Waals surface area (Å²) in [4.78, 5) is 16.5. The van der Waals surface area contributed by atoms with Gasteiger partial charge in [-0.25, -0.2) is 8.42 Å². The fourth-order valence-electron chi connectivity index (χ4n) is 9.00. The molecule has 3 heterocycles. The van der Waals surface area contributed by atoms with Crippen LogP contribution in [0.1, 0.15) is 102 Å². The Hall–Kier alpha value is -5.09. The van der Waals surface area contributed by atoms with Crippen LogP contribution in [0.25, 0.3) is 10.4 Å². The summed E-state index contributed by atoms with van der Waals surface area (Å²) >= 11 is 0. The molecule has 1 amide bonds. The van der Waals surface area contributed by atoms with Gasteiger partial charge < -0.3 is 20.1 Å². The van der Waals surface area contributed by atoms with E-state index in [4.69, 9.17) is 5.53 Å². The molecule has 1 aromatic heterocycles. The van der Waals surface area contributed by atoms with Gasteiger partial charge in [0.25, 0.3) is 30.4 Å². The Labute approximate surface area is 415 Å². The Morgan fingerprint density at radius 2 is 1.56 bits per heavy atom. The predicted molar refractivity (Wildman–Crippen MR) is 263 cm³/mol. The van der Waals surface area contributed by atoms with E-state index in [-0.39, 0.29) is 38.1 Å². The van der Waals surface area contributed by atoms with Crippen molar-refractivity contribution in [1.82, 2.24) is 25.6 Å². The van der Waals surface area contributed by atoms with E-state index in [1.54, 1.807) is 34.7 Å². The topological polar surface area (TPSA) is 347 Å². The number of hydrogen-bond donors (Lipinski definition) is 5. The highest BCUT2D eigenvalue weighted by Crippen LogP contribution is 2.51. The third-order valence-electron chi connectivity index (χ3n) is 12.5. The van der Waals surface area contributed by atoms with E-state index in [9.17, 15) is 56.7 Å². The Kier molecular flexibility index (Phi) is 19.3. The highest BCUT2D eigenvalue weighted by molar-refractivity contribution is 7.86. The fraction of sp³-hybridized carbons (Fsp3) is 0.545. The van der Waals surface area contributed by atoms with Crippen molar-refractivity contribution < 1.29 is 61.3 Å². The van der Waals surface area contributed by atoms with E-state index in [1.807, 2.05) is 30.7 Å². The summed E-state index contributed by atoms with van der Waals surface area (Å²) in [6, 6.07) is 8.20. The van der Waals surface area contributed by atoms with Crippen LogP contribution in [0.3, 0.4) is 0 Å². The molecular formula is C44H62N10O13S4. The number of azide groups is 1. The number of anilines is 1. The molecule has 0 bridgehead atoms. The number of hydrogen-bond acceptors (Lipinski definition) is 15. The highest BCUT2D eigenvalue weighted by atomic mass is 32.2. The second kappa shape index (κ2) is 24.1. The standard InChI is InChI=1S/C44H62N10O13S4/c1-43(2)36-29-34(70(62,63)64)16-18-38(36)53(25-7-4-5-15-42(55)47-22-11-24-52-32-33(49-51-52)31-46-21-10-23-48-50-45)40(43)13-9-14-41-44(3,20-6-8-27-68(56,57)58)37-30-35(71(65,66)67)17-19-39(37)54(41)26-12-28-69(59,60)61/h9,13-14,16-19,29-30,32,46H,4-8,10-12,15,20-28,31H2,1-3H3,(H4-,47,55,56,57,58,59,60,61,62,63,64,65,66,67). The number of carbonyl (C=O) groups is 1. The van der Waals surface area contributed by atoms with E-state index in [0.29, 0.717) is 106 Å². The molecule has 0 fully saturated rings. The zero-order valence-corrected chi connectivity index (χ0v) is 43.1. The number of aryl methyl sites for hydroxylation is 1. The first-order chi connectivity index (χ1) is 33.2. The number of rotatable bonds is 29. The Balaban J connectivity index is 1.34. The molecule has 0 saturated heterocycles. The van der Waals surface area contributed by atoms with E-state index in [0.717, 1.165) is 11.4 Å². The lowest BCUT2D eigenvalue weighted by Crippen LogP contribution is -2.30. The number of nitrogens with zero attached hydrogens (tertiary/aromatic N) is 8. The Morgan fingerprint density at radius 1 is 0.859 bits per heavy atom. The summed E-state index contributed by atoms with van der Waals surface area (Å²) in [5.74, 6) is -1.21. The molecule has 3 aromatic rings. The third-order valence-corrected chi connectivity index (χ3v) is 15.8. The lowest BCUT2D eigenvalue weighted by molar-refractivity contribution is -0.438. The molecule has 27 heteroatoms. The molecule has 0 aliphatic carbocycles. The van der Waals surface area contributed by atoms with Crippen molar-refractivity contribution >= 4 is 63.5 Å². The maximum absolute atomic E-state index is 12.8. The van der Waals surface area contributed by atoms with Crippen LogP contribution in [0, 0.1) is 0 Å². The number of allylic oxidation sites excluding steroid dienone is 4. The molecule has 23 nitrogen and oxygen atoms in total. The minimum absolute atomic E-state index is 0.0366. The van der Waals surface area contributed by atoms with Crippen molar-refractivity contribution in [2.75, 3.05) is 49.1 Å². The van der Waals surface area contributed by atoms with Gasteiger partial charge in [0, 0.05) is 91.2 Å². The molecule has 1 unspecified atom stereocenters. The monoisotopic (exact) mass is 1070 g/mol. The molecule has 390 valence electrons. The number of carbonyl (C=O) groups excluding carboxylic acids is 1. The summed E-state index contributed by atoms with van der Waals surface area (Å²) in [5, 5.41) is 17.9. The van der Waals surface area contributed by atoms with Gasteiger partial charge in [-0.1, -0.05) is 22.8 Å². The van der Waals surface area contributed by atoms with Crippen molar-refractivity contribution in [2.24, 2.45) is 5.11 Å². The summed E-state index contributed by atoms with van der Waals surface area (Å²) in [6.45, 7) is 8.65. The molecule has 0 spiro atoms. The van der Waals surface area contributed by atoms with Gasteiger partial charge in [0.05, 0.1) is 32.4 Å². The molecule has 0 saturated carbocycles. The molecule has 2 aromatic carbocycles. The average Bonchev–Trinajstić information content (AvgIpc) is 3.89. The molecule has 71 heavy (non-hydrogen) atoms. The lowest BCUT2D eigenvalue weighted by atomic mass is 9.77. The lowest BCUT2D eigenvalue weighted by Gasteiger charge is -2.30. The quantitative estimate of drug-likeness (QED) is 0.0154. The second-order valence-corrected chi connectivity index (χ2v) is 24.1. The van der Waals surface area contributed by atoms with Crippen LogP contribution >= 0.6 is 0 Å². The van der Waals surface area contributed by atoms with Gasteiger partial charge in [-0.15, -0.1) is 5.10 Å². The molecule has 1 atom stereocenters. The van der Waals surface area contributed by atoms with Crippen LogP contribution in [0.2, 0.25) is 0 Å². The number of benzene rings is 2. The first-order valence-corrected chi connectivity index (χ1v) is 29.1. The minimum atomic E-state index is -4.81. The molecule has 5 rings (SSSR count). The van der Waals surface area contributed by atoms with E-state index >= 15 is 0 Å². The Morgan fingerprint density at radius 3 is 2.25 bits per heavy atom. The van der Waals surface area contributed by atoms with Crippen molar-refractivity contribution in [3.8, 4) is 0 Å². The van der Waals surface area contributed by atoms with Crippen LogP contribution in [-0.2, 0) is 69.2 Å². The summed E-state index contributed by atoms with van der Waals surface area (Å²) in [6.07, 6.45) is 11.1. The van der Waals surface area contributed by atoms with Gasteiger partial charge >= 0.3 is 0 Å². The highest BCUT2D eigenvalue weighted by Gasteiger charge is 2.46. The average molecular weight is 1070 g/mol. The minimum Gasteiger partial charge on any atom is -0.744 e. The number of fused-ring (bicyclic) bond motifs is 2. The van der Waals surface area contributed by atoms with Gasteiger partial charge in [-0.2, -0.15) is 29.8 Å². The van der Waals surface area contributed by atoms with Crippen molar-refractivity contribution in [3.05, 3.63) is 93.8 Å². The largest absolute Gasteiger partial charge is 0.744 e. The normalized spacial score (nSPS) is 17.5. The van der Waals surface area contributed by atoms with Crippen LogP contribution < -0.4 is 15.5 Å². The summed E-state index contributed by atoms with van der Waals surface area (Å²) in [7, 11) is -18.2. The van der Waals surface area contributed by atoms with Gasteiger partial charge in [-0.05, 0) is 120 Å². The van der Waals surface area contributed by atoms with Crippen molar-refractivity contribution in [1.29, 1.82) is 0 Å². The van der Waals surface area contributed by atoms with Crippen molar-refractivity contribution in [2.45, 2.75) is 119 Å². The molecule has 2 aliphatic heterocycles. The van der Waals surface area contributed by atoms with Crippen LogP contribution in [-0.4, -0.2) is 127 Å². The summed E-state index contributed by atoms with van der Waals surface area (Å²) in [5.41, 5.74) is 10.6. The van der Waals surface area contributed by atoms with Crippen LogP contribution in [0.15, 0.2) is 81.4 Å². The first-order valence-electron chi connectivity index (χ1n) is 23.1. The molecule has 2 aliphatic rings. The van der Waals surface area contributed by atoms with Gasteiger partial charge in [-0.3, -0.25) is 23.1 Å². The summed E-state index contributed by atoms with van der Waals surface area (Å²) < 4.78 is 141. The van der Waals surface area contributed by atoms with Gasteiger partial charge in [0.15, 0.2) is 5.71 Å². The maximum atomic E-state index is 12.8. The SMILES string of the molecule is CC1(C)C(/C=C/C=C2/N(CCCS(=O)(=O)O)c3ccc(S(=O)(=O)O)cc3C2(C)CCCCS(=O)(=O)O)=[N+](CCCCCC(=O)NCCCn2cc(CNCCCN=[N+]=[N-])nn2)c2ccc(S(=O)(=O)[O-])cc21. The van der Waals surface area contributed by atoms with Gasteiger partial charge in [0.1, 0.15) is 16.7 Å². The van der Waals surface area contributed by atoms with Crippen LogP contribution in [0.5, 0.6) is 0 Å². The molecule has 5 N–H and O–H groups in total. The van der Waals surface area contributed by atoms with E-state index in [1.165, 1.54) is 30.3 Å². The van der Waals surface area contributed by atoms with Gasteiger partial charge in [0.2, 0.25) is 11.6 Å². The Bertz CT molecular complexity index is 3020. The second-order valence-electron chi connectivity index (χ2n) is 18.2. The van der Waals surface area contributed by atoms with E-state index in [2.05, 4.69) is 31.0 Å². The van der Waals surface area contributed by atoms with E-state index < -0.39 is 72.6 Å². The predicted octanol–water partition coefficient (Wildman–Crippen LogP) is 4.92. The maximum Gasteiger partial charge on any atom is 0.294 e. The zero-order chi connectivity index (χ0) is 52.3. The molecule has 0 radical (unpaired) electrons. The number of aromatic nitrogens is 3. The fourth-order valence-corrected chi connectivity index (χ4v) is 11.1. The molecular weight excluding hydrogens is 1000 g/mol.